The number of hydrogen-bond acceptors (Lipinski definition) is 3. The van der Waals surface area contributed by atoms with Crippen LogP contribution >= 0.6 is 0 Å². The molecule has 0 bridgehead atoms. The Bertz CT molecular complexity index is 386. The van der Waals surface area contributed by atoms with Crippen molar-refractivity contribution in [1.29, 1.82) is 0 Å². The molecule has 1 fully saturated rings. The average molecular weight is 236 g/mol. The zero-order chi connectivity index (χ0) is 12.1. The molecule has 4 heteroatoms. The van der Waals surface area contributed by atoms with Crippen LogP contribution in [0.3, 0.4) is 0 Å². The Morgan fingerprint density at radius 2 is 2.47 bits per heavy atom. The van der Waals surface area contributed by atoms with Crippen LogP contribution in [0.1, 0.15) is 25.0 Å². The van der Waals surface area contributed by atoms with Crippen molar-refractivity contribution in [2.45, 2.75) is 31.8 Å². The summed E-state index contributed by atoms with van der Waals surface area (Å²) < 4.78 is 10.6. The molecule has 1 aliphatic heterocycles. The molecule has 92 valence electrons. The normalized spacial score (nSPS) is 20.7. The first-order valence-electron chi connectivity index (χ1n) is 5.83. The molecule has 0 spiro atoms. The van der Waals surface area contributed by atoms with E-state index in [0.717, 1.165) is 25.2 Å². The third-order valence-corrected chi connectivity index (χ3v) is 2.85. The van der Waals surface area contributed by atoms with E-state index in [9.17, 15) is 4.79 Å². The molecule has 1 atom stereocenters. The molecule has 0 aliphatic carbocycles. The van der Waals surface area contributed by atoms with E-state index in [2.05, 4.69) is 0 Å². The predicted molar refractivity (Wildman–Crippen MR) is 61.7 cm³/mol. The molecule has 4 nitrogen and oxygen atoms in total. The second-order valence-electron chi connectivity index (χ2n) is 4.13. The summed E-state index contributed by atoms with van der Waals surface area (Å²) in [5.74, 6) is -0.0588. The van der Waals surface area contributed by atoms with Gasteiger partial charge in [-0.05, 0) is 37.5 Å². The van der Waals surface area contributed by atoms with E-state index in [1.165, 1.54) is 0 Å². The maximum atomic E-state index is 11.1. The van der Waals surface area contributed by atoms with Crippen LogP contribution in [-0.2, 0) is 16.0 Å². The van der Waals surface area contributed by atoms with E-state index in [0.29, 0.717) is 18.4 Å². The van der Waals surface area contributed by atoms with Crippen molar-refractivity contribution in [2.75, 3.05) is 6.61 Å². The van der Waals surface area contributed by atoms with Crippen LogP contribution in [0.15, 0.2) is 34.5 Å². The molecule has 1 saturated heterocycles. The lowest BCUT2D eigenvalue weighted by molar-refractivity contribution is -0.132. The van der Waals surface area contributed by atoms with Crippen molar-refractivity contribution in [3.8, 4) is 0 Å². The Morgan fingerprint density at radius 1 is 1.59 bits per heavy atom. The summed E-state index contributed by atoms with van der Waals surface area (Å²) in [6.45, 7) is 0.728. The SMILES string of the molecule is O=C(O)C(=CC1CCCO1)CCc1ccco1. The molecule has 17 heavy (non-hydrogen) atoms. The van der Waals surface area contributed by atoms with Gasteiger partial charge in [0.1, 0.15) is 5.76 Å². The molecule has 1 aromatic heterocycles. The van der Waals surface area contributed by atoms with Crippen LogP contribution in [0, 0.1) is 0 Å². The molecular formula is C13H16O4. The Kier molecular flexibility index (Phi) is 3.98. The van der Waals surface area contributed by atoms with Crippen LogP contribution < -0.4 is 0 Å². The van der Waals surface area contributed by atoms with Gasteiger partial charge in [-0.1, -0.05) is 0 Å². The summed E-state index contributed by atoms with van der Waals surface area (Å²) in [6.07, 6.45) is 6.31. The summed E-state index contributed by atoms with van der Waals surface area (Å²) in [5, 5.41) is 9.11. The van der Waals surface area contributed by atoms with Crippen molar-refractivity contribution < 1.29 is 19.1 Å². The zero-order valence-corrected chi connectivity index (χ0v) is 9.59. The van der Waals surface area contributed by atoms with Crippen LogP contribution in [0.5, 0.6) is 0 Å². The summed E-state index contributed by atoms with van der Waals surface area (Å²) in [7, 11) is 0. The lowest BCUT2D eigenvalue weighted by Crippen LogP contribution is -2.08. The van der Waals surface area contributed by atoms with Gasteiger partial charge in [0.05, 0.1) is 12.4 Å². The van der Waals surface area contributed by atoms with E-state index in [1.807, 2.05) is 6.07 Å². The maximum absolute atomic E-state index is 11.1. The van der Waals surface area contributed by atoms with Crippen molar-refractivity contribution in [3.63, 3.8) is 0 Å². The molecule has 0 amide bonds. The Morgan fingerprint density at radius 3 is 3.06 bits per heavy atom. The van der Waals surface area contributed by atoms with Gasteiger partial charge in [-0.15, -0.1) is 0 Å². The number of aryl methyl sites for hydroxylation is 1. The number of carboxylic acid groups (broad SMARTS) is 1. The fourth-order valence-electron chi connectivity index (χ4n) is 1.93. The second-order valence-corrected chi connectivity index (χ2v) is 4.13. The summed E-state index contributed by atoms with van der Waals surface area (Å²) in [5.41, 5.74) is 0.410. The van der Waals surface area contributed by atoms with Gasteiger partial charge in [0, 0.05) is 18.6 Å². The third-order valence-electron chi connectivity index (χ3n) is 2.85. The quantitative estimate of drug-likeness (QED) is 0.797. The molecular weight excluding hydrogens is 220 g/mol. The second kappa shape index (κ2) is 5.68. The number of hydrogen-bond donors (Lipinski definition) is 1. The predicted octanol–water partition coefficient (Wildman–Crippen LogP) is 2.40. The maximum Gasteiger partial charge on any atom is 0.331 e. The topological polar surface area (TPSA) is 59.7 Å². The number of rotatable bonds is 5. The average Bonchev–Trinajstić information content (AvgIpc) is 2.97. The van der Waals surface area contributed by atoms with Gasteiger partial charge in [-0.3, -0.25) is 0 Å². The highest BCUT2D eigenvalue weighted by atomic mass is 16.5. The van der Waals surface area contributed by atoms with Gasteiger partial charge >= 0.3 is 5.97 Å². The minimum Gasteiger partial charge on any atom is -0.478 e. The Hall–Kier alpha value is -1.55. The monoisotopic (exact) mass is 236 g/mol. The lowest BCUT2D eigenvalue weighted by atomic mass is 10.1. The summed E-state index contributed by atoms with van der Waals surface area (Å²) in [6, 6.07) is 3.66. The van der Waals surface area contributed by atoms with Crippen molar-refractivity contribution in [2.24, 2.45) is 0 Å². The van der Waals surface area contributed by atoms with Gasteiger partial charge in [-0.2, -0.15) is 0 Å². The van der Waals surface area contributed by atoms with Gasteiger partial charge in [-0.25, -0.2) is 4.79 Å². The minimum absolute atomic E-state index is 0.0299. The molecule has 2 heterocycles. The zero-order valence-electron chi connectivity index (χ0n) is 9.59. The molecule has 0 saturated carbocycles. The van der Waals surface area contributed by atoms with E-state index in [-0.39, 0.29) is 6.10 Å². The Balaban J connectivity index is 1.94. The molecule has 0 aromatic carbocycles. The highest BCUT2D eigenvalue weighted by Gasteiger charge is 2.16. The van der Waals surface area contributed by atoms with Crippen molar-refractivity contribution in [3.05, 3.63) is 35.8 Å². The fraction of sp³-hybridized carbons (Fsp3) is 0.462. The minimum atomic E-state index is -0.868. The van der Waals surface area contributed by atoms with Crippen LogP contribution in [-0.4, -0.2) is 23.8 Å². The fourth-order valence-corrected chi connectivity index (χ4v) is 1.93. The molecule has 2 rings (SSSR count). The van der Waals surface area contributed by atoms with Gasteiger partial charge < -0.3 is 14.3 Å². The number of aliphatic carboxylic acids is 1. The van der Waals surface area contributed by atoms with Crippen LogP contribution in [0.2, 0.25) is 0 Å². The molecule has 1 aromatic rings. The van der Waals surface area contributed by atoms with Crippen molar-refractivity contribution in [1.82, 2.24) is 0 Å². The number of furan rings is 1. The Labute approximate surface area is 99.9 Å². The van der Waals surface area contributed by atoms with E-state index in [4.69, 9.17) is 14.3 Å². The molecule has 1 N–H and O–H groups in total. The number of ether oxygens (including phenoxy) is 1. The third kappa shape index (κ3) is 3.46. The van der Waals surface area contributed by atoms with Crippen LogP contribution in [0.4, 0.5) is 0 Å². The largest absolute Gasteiger partial charge is 0.478 e. The van der Waals surface area contributed by atoms with Gasteiger partial charge in [0.2, 0.25) is 0 Å². The lowest BCUT2D eigenvalue weighted by Gasteiger charge is -2.06. The summed E-state index contributed by atoms with van der Waals surface area (Å²) >= 11 is 0. The van der Waals surface area contributed by atoms with E-state index < -0.39 is 5.97 Å². The van der Waals surface area contributed by atoms with Gasteiger partial charge in [0.15, 0.2) is 0 Å². The van der Waals surface area contributed by atoms with E-state index >= 15 is 0 Å². The molecule has 1 unspecified atom stereocenters. The van der Waals surface area contributed by atoms with Crippen molar-refractivity contribution >= 4 is 5.97 Å². The number of carboxylic acids is 1. The first-order valence-corrected chi connectivity index (χ1v) is 5.83. The first kappa shape index (κ1) is 11.9. The standard InChI is InChI=1S/C13H16O4/c14-13(15)10(9-12-4-2-8-17-12)5-6-11-3-1-7-16-11/h1,3,7,9,12H,2,4-6,8H2,(H,14,15). The van der Waals surface area contributed by atoms with Gasteiger partial charge in [0.25, 0.3) is 0 Å². The number of carbonyl (C=O) groups is 1. The first-order chi connectivity index (χ1) is 8.25. The van der Waals surface area contributed by atoms with Crippen LogP contribution in [0.25, 0.3) is 0 Å². The highest BCUT2D eigenvalue weighted by molar-refractivity contribution is 5.86. The molecule has 0 radical (unpaired) electrons. The summed E-state index contributed by atoms with van der Waals surface area (Å²) in [4.78, 5) is 11.1. The van der Waals surface area contributed by atoms with E-state index in [1.54, 1.807) is 18.4 Å². The highest BCUT2D eigenvalue weighted by Crippen LogP contribution is 2.17. The molecule has 1 aliphatic rings. The smallest absolute Gasteiger partial charge is 0.331 e.